The molecule has 18 heavy (non-hydrogen) atoms. The molecule has 2 unspecified atom stereocenters. The molecule has 0 heterocycles. The van der Waals surface area contributed by atoms with Crippen LogP contribution in [0.5, 0.6) is 0 Å². The summed E-state index contributed by atoms with van der Waals surface area (Å²) in [5.41, 5.74) is 3.87. The maximum absolute atomic E-state index is 12.2. The van der Waals surface area contributed by atoms with Gasteiger partial charge in [-0.25, -0.2) is 0 Å². The molecule has 0 N–H and O–H groups in total. The Morgan fingerprint density at radius 1 is 1.33 bits per heavy atom. The number of hydrogen-bond donors (Lipinski definition) is 0. The number of Topliss-reactive ketones (excluding diaryl/α,β-unsaturated/α-hetero) is 1. The molecule has 2 heteroatoms. The summed E-state index contributed by atoms with van der Waals surface area (Å²) < 4.78 is 0. The first-order chi connectivity index (χ1) is 8.71. The lowest BCUT2D eigenvalue weighted by molar-refractivity contribution is 0.0939. The monoisotopic (exact) mass is 258 g/mol. The van der Waals surface area contributed by atoms with E-state index in [-0.39, 0.29) is 11.2 Å². The molecular weight excluding hydrogens is 244 g/mol. The van der Waals surface area contributed by atoms with Crippen molar-refractivity contribution in [1.29, 1.82) is 0 Å². The van der Waals surface area contributed by atoms with E-state index in [9.17, 15) is 4.79 Å². The predicted octanol–water partition coefficient (Wildman–Crippen LogP) is 4.29. The predicted molar refractivity (Wildman–Crippen MR) is 72.1 cm³/mol. The third-order valence-corrected chi connectivity index (χ3v) is 5.47. The van der Waals surface area contributed by atoms with Gasteiger partial charge in [0.15, 0.2) is 5.78 Å². The molecule has 1 aromatic carbocycles. The largest absolute Gasteiger partial charge is 0.294 e. The maximum atomic E-state index is 12.2. The molecule has 0 saturated heterocycles. The van der Waals surface area contributed by atoms with Crippen LogP contribution >= 0.6 is 11.6 Å². The average Bonchev–Trinajstić information content (AvgIpc) is 2.95. The zero-order valence-electron chi connectivity index (χ0n) is 10.2. The van der Waals surface area contributed by atoms with Crippen LogP contribution in [0, 0.1) is 5.92 Å². The highest BCUT2D eigenvalue weighted by atomic mass is 35.5. The van der Waals surface area contributed by atoms with Gasteiger partial charge in [0.2, 0.25) is 0 Å². The minimum Gasteiger partial charge on any atom is -0.294 e. The van der Waals surface area contributed by atoms with E-state index in [1.807, 2.05) is 12.1 Å². The van der Waals surface area contributed by atoms with Crippen molar-refractivity contribution in [2.75, 3.05) is 0 Å². The quantitative estimate of drug-likeness (QED) is 0.635. The Kier molecular flexibility index (Phi) is 2.09. The molecule has 0 radical (unpaired) electrons. The zero-order chi connectivity index (χ0) is 12.3. The van der Waals surface area contributed by atoms with E-state index in [4.69, 9.17) is 11.6 Å². The van der Waals surface area contributed by atoms with Gasteiger partial charge in [0.05, 0.1) is 5.02 Å². The molecule has 0 amide bonds. The van der Waals surface area contributed by atoms with Crippen molar-refractivity contribution in [2.45, 2.75) is 37.5 Å². The van der Waals surface area contributed by atoms with Gasteiger partial charge in [-0.15, -0.1) is 0 Å². The fraction of sp³-hybridized carbons (Fsp3) is 0.438. The van der Waals surface area contributed by atoms with Gasteiger partial charge < -0.3 is 0 Å². The highest BCUT2D eigenvalue weighted by molar-refractivity contribution is 6.34. The van der Waals surface area contributed by atoms with Gasteiger partial charge in [-0.3, -0.25) is 4.79 Å². The number of allylic oxidation sites excluding steroid dienone is 2. The van der Waals surface area contributed by atoms with Crippen molar-refractivity contribution in [2.24, 2.45) is 5.92 Å². The molecule has 3 aliphatic rings. The van der Waals surface area contributed by atoms with E-state index in [1.165, 1.54) is 18.4 Å². The van der Waals surface area contributed by atoms with Crippen molar-refractivity contribution >= 4 is 17.4 Å². The number of fused-ring (bicyclic) bond motifs is 5. The van der Waals surface area contributed by atoms with E-state index in [0.717, 1.165) is 18.4 Å². The smallest absolute Gasteiger partial charge is 0.164 e. The van der Waals surface area contributed by atoms with Crippen LogP contribution in [0.4, 0.5) is 0 Å². The van der Waals surface area contributed by atoms with Crippen molar-refractivity contribution in [1.82, 2.24) is 0 Å². The Bertz CT molecular complexity index is 587. The first-order valence-corrected chi connectivity index (χ1v) is 7.08. The molecule has 1 nitrogen and oxygen atoms in total. The van der Waals surface area contributed by atoms with Crippen LogP contribution in [-0.2, 0) is 5.41 Å². The molecule has 92 valence electrons. The van der Waals surface area contributed by atoms with E-state index in [2.05, 4.69) is 12.1 Å². The topological polar surface area (TPSA) is 17.1 Å². The molecule has 0 aliphatic heterocycles. The lowest BCUT2D eigenvalue weighted by Gasteiger charge is -2.41. The minimum absolute atomic E-state index is 0.220. The summed E-state index contributed by atoms with van der Waals surface area (Å²) >= 11 is 6.27. The second kappa shape index (κ2) is 3.48. The second-order valence-corrected chi connectivity index (χ2v) is 6.32. The first kappa shape index (κ1) is 10.8. The highest BCUT2D eigenvalue weighted by Gasteiger charge is 2.51. The van der Waals surface area contributed by atoms with Crippen LogP contribution < -0.4 is 0 Å². The molecular formula is C16H15ClO. The van der Waals surface area contributed by atoms with Crippen molar-refractivity contribution in [3.8, 4) is 0 Å². The summed E-state index contributed by atoms with van der Waals surface area (Å²) in [4.78, 5) is 12.2. The van der Waals surface area contributed by atoms with Crippen molar-refractivity contribution < 1.29 is 4.79 Å². The maximum Gasteiger partial charge on any atom is 0.164 e. The number of carbonyl (C=O) groups is 1. The first-order valence-electron chi connectivity index (χ1n) is 6.71. The molecule has 1 spiro atoms. The number of carbonyl (C=O) groups excluding carboxylic acids is 1. The molecule has 2 atom stereocenters. The molecule has 0 aromatic heterocycles. The fourth-order valence-electron chi connectivity index (χ4n) is 4.33. The van der Waals surface area contributed by atoms with Gasteiger partial charge in [0.1, 0.15) is 0 Å². The molecule has 4 rings (SSSR count). The van der Waals surface area contributed by atoms with Gasteiger partial charge in [-0.2, -0.15) is 0 Å². The number of rotatable bonds is 0. The summed E-state index contributed by atoms with van der Waals surface area (Å²) in [6, 6.07) is 5.99. The van der Waals surface area contributed by atoms with Crippen LogP contribution in [0.15, 0.2) is 29.8 Å². The van der Waals surface area contributed by atoms with Crippen LogP contribution in [-0.4, -0.2) is 5.78 Å². The zero-order valence-corrected chi connectivity index (χ0v) is 11.0. The SMILES string of the molecule is O=C1CCC2(CC3=CCC2C3)c2cccc(Cl)c21. The van der Waals surface area contributed by atoms with E-state index >= 15 is 0 Å². The summed E-state index contributed by atoms with van der Waals surface area (Å²) in [6.07, 6.45) is 7.66. The van der Waals surface area contributed by atoms with Crippen LogP contribution in [0.3, 0.4) is 0 Å². The van der Waals surface area contributed by atoms with E-state index in [0.29, 0.717) is 17.4 Å². The number of benzene rings is 1. The molecule has 1 aromatic rings. The fourth-order valence-corrected chi connectivity index (χ4v) is 4.61. The third-order valence-electron chi connectivity index (χ3n) is 5.15. The Morgan fingerprint density at radius 3 is 2.94 bits per heavy atom. The Labute approximate surface area is 112 Å². The van der Waals surface area contributed by atoms with Crippen molar-refractivity contribution in [3.63, 3.8) is 0 Å². The number of halogens is 1. The highest BCUT2D eigenvalue weighted by Crippen LogP contribution is 2.59. The van der Waals surface area contributed by atoms with E-state index < -0.39 is 0 Å². The van der Waals surface area contributed by atoms with Gasteiger partial charge in [-0.1, -0.05) is 35.4 Å². The average molecular weight is 259 g/mol. The van der Waals surface area contributed by atoms with Crippen LogP contribution in [0.2, 0.25) is 5.02 Å². The Hall–Kier alpha value is -1.08. The van der Waals surface area contributed by atoms with Crippen molar-refractivity contribution in [3.05, 3.63) is 46.0 Å². The lowest BCUT2D eigenvalue weighted by Crippen LogP contribution is -2.37. The molecule has 1 fully saturated rings. The van der Waals surface area contributed by atoms with Gasteiger partial charge >= 0.3 is 0 Å². The number of hydrogen-bond acceptors (Lipinski definition) is 1. The molecule has 3 aliphatic carbocycles. The van der Waals surface area contributed by atoms with Gasteiger partial charge in [-0.05, 0) is 43.2 Å². The van der Waals surface area contributed by atoms with Crippen LogP contribution in [0.25, 0.3) is 0 Å². The summed E-state index contributed by atoms with van der Waals surface area (Å²) in [5, 5.41) is 0.647. The standard InChI is InChI=1S/C16H15ClO/c17-13-3-1-2-12-15(13)14(18)6-7-16(12)9-10-4-5-11(16)8-10/h1-4,11H,5-9H2. The lowest BCUT2D eigenvalue weighted by atomic mass is 9.62. The summed E-state index contributed by atoms with van der Waals surface area (Å²) in [5.74, 6) is 0.941. The van der Waals surface area contributed by atoms with E-state index in [1.54, 1.807) is 5.57 Å². The molecule has 1 saturated carbocycles. The summed E-state index contributed by atoms with van der Waals surface area (Å²) in [6.45, 7) is 0. The number of ketones is 1. The summed E-state index contributed by atoms with van der Waals surface area (Å²) in [7, 11) is 0. The minimum atomic E-state index is 0.220. The third kappa shape index (κ3) is 1.21. The van der Waals surface area contributed by atoms with Gasteiger partial charge in [0.25, 0.3) is 0 Å². The van der Waals surface area contributed by atoms with Gasteiger partial charge in [0, 0.05) is 17.4 Å². The second-order valence-electron chi connectivity index (χ2n) is 5.92. The molecule has 2 bridgehead atoms. The Balaban J connectivity index is 1.95. The van der Waals surface area contributed by atoms with Crippen LogP contribution in [0.1, 0.15) is 48.0 Å². The normalized spacial score (nSPS) is 32.8. The Morgan fingerprint density at radius 2 is 2.22 bits per heavy atom.